The molecule has 2 unspecified atom stereocenters. The number of nitriles is 1. The van der Waals surface area contributed by atoms with Gasteiger partial charge in [-0.05, 0) is 36.6 Å². The van der Waals surface area contributed by atoms with Crippen LogP contribution in [0, 0.1) is 17.2 Å². The first-order chi connectivity index (χ1) is 15.2. The first-order valence-corrected chi connectivity index (χ1v) is 10.4. The number of hydrogen-bond donors (Lipinski definition) is 2. The van der Waals surface area contributed by atoms with Gasteiger partial charge in [-0.2, -0.15) is 25.4 Å². The van der Waals surface area contributed by atoms with Crippen molar-refractivity contribution in [2.75, 3.05) is 5.32 Å². The lowest BCUT2D eigenvalue weighted by molar-refractivity contribution is 0.277. The largest absolute Gasteiger partial charge is 0.338 e. The van der Waals surface area contributed by atoms with Gasteiger partial charge in [-0.1, -0.05) is 25.0 Å². The Morgan fingerprint density at radius 3 is 2.87 bits per heavy atom. The summed E-state index contributed by atoms with van der Waals surface area (Å²) in [7, 11) is 0. The van der Waals surface area contributed by atoms with Gasteiger partial charge >= 0.3 is 0 Å². The highest BCUT2D eigenvalue weighted by Crippen LogP contribution is 2.36. The summed E-state index contributed by atoms with van der Waals surface area (Å²) >= 11 is 0. The van der Waals surface area contributed by atoms with Crippen LogP contribution in [0.3, 0.4) is 0 Å². The van der Waals surface area contributed by atoms with Gasteiger partial charge in [0.05, 0.1) is 42.5 Å². The minimum Gasteiger partial charge on any atom is -0.338 e. The van der Waals surface area contributed by atoms with Crippen LogP contribution in [0.4, 0.5) is 11.5 Å². The molecule has 3 heterocycles. The zero-order valence-corrected chi connectivity index (χ0v) is 16.9. The van der Waals surface area contributed by atoms with Gasteiger partial charge in [-0.3, -0.25) is 9.48 Å². The minimum absolute atomic E-state index is 0.0316. The predicted octanol–water partition coefficient (Wildman–Crippen LogP) is 3.36. The highest BCUT2D eigenvalue weighted by atomic mass is 16.1. The molecule has 156 valence electrons. The number of hydrogen-bond acceptors (Lipinski definition) is 6. The number of nitrogens with zero attached hydrogens (tertiary/aromatic N) is 6. The molecule has 4 aromatic rings. The fraction of sp³-hybridized carbons (Fsp3) is 0.318. The van der Waals surface area contributed by atoms with Crippen molar-refractivity contribution in [3.05, 3.63) is 64.8 Å². The van der Waals surface area contributed by atoms with E-state index in [4.69, 9.17) is 5.10 Å². The highest BCUT2D eigenvalue weighted by molar-refractivity contribution is 5.91. The second kappa shape index (κ2) is 8.07. The van der Waals surface area contributed by atoms with Gasteiger partial charge in [0.15, 0.2) is 5.82 Å². The van der Waals surface area contributed by atoms with Crippen LogP contribution in [0.25, 0.3) is 10.9 Å². The van der Waals surface area contributed by atoms with Crippen molar-refractivity contribution in [2.24, 2.45) is 5.92 Å². The number of H-pyrrole nitrogens is 1. The number of anilines is 2. The number of rotatable bonds is 5. The maximum absolute atomic E-state index is 12.7. The van der Waals surface area contributed by atoms with Crippen LogP contribution in [0.2, 0.25) is 0 Å². The highest BCUT2D eigenvalue weighted by Gasteiger charge is 2.29. The molecule has 1 aromatic carbocycles. The van der Waals surface area contributed by atoms with E-state index in [-0.39, 0.29) is 17.5 Å². The van der Waals surface area contributed by atoms with Crippen molar-refractivity contribution in [1.82, 2.24) is 29.8 Å². The van der Waals surface area contributed by atoms with E-state index in [1.165, 1.54) is 0 Å². The summed E-state index contributed by atoms with van der Waals surface area (Å²) in [5.41, 5.74) is 2.39. The van der Waals surface area contributed by atoms with Gasteiger partial charge in [0.25, 0.3) is 5.56 Å². The fourth-order valence-electron chi connectivity index (χ4n) is 4.37. The van der Waals surface area contributed by atoms with E-state index in [1.807, 2.05) is 35.0 Å². The molecule has 0 radical (unpaired) electrons. The molecular weight excluding hydrogens is 392 g/mol. The number of pyridine rings is 1. The Bertz CT molecular complexity index is 1300. The molecule has 1 saturated carbocycles. The average Bonchev–Trinajstić information content (AvgIpc) is 3.43. The average molecular weight is 414 g/mol. The summed E-state index contributed by atoms with van der Waals surface area (Å²) in [4.78, 5) is 17.0. The lowest BCUT2D eigenvalue weighted by Gasteiger charge is -2.27. The summed E-state index contributed by atoms with van der Waals surface area (Å²) in [6.45, 7) is 0.546. The third-order valence-corrected chi connectivity index (χ3v) is 5.82. The van der Waals surface area contributed by atoms with Crippen molar-refractivity contribution in [2.45, 2.75) is 38.3 Å². The standard InChI is InChI=1S/C22H22N8O/c23-13-16-5-1-2-7-18(16)30-19-8-9-24-22(31)20(19)21(28-30)27-17-6-3-4-15(12-17)14-29-25-10-11-26-29/h3-4,6,8-12,16,18H,1-2,5,7,14H2,(H,24,31)(H,27,28). The summed E-state index contributed by atoms with van der Waals surface area (Å²) in [5.74, 6) is 0.391. The molecule has 1 aliphatic carbocycles. The second-order valence-electron chi connectivity index (χ2n) is 7.83. The third-order valence-electron chi connectivity index (χ3n) is 5.82. The first kappa shape index (κ1) is 19.1. The van der Waals surface area contributed by atoms with Gasteiger partial charge in [0, 0.05) is 11.9 Å². The normalized spacial score (nSPS) is 18.7. The van der Waals surface area contributed by atoms with Crippen LogP contribution in [0.15, 0.2) is 53.7 Å². The molecule has 31 heavy (non-hydrogen) atoms. The molecule has 0 saturated heterocycles. The smallest absolute Gasteiger partial charge is 0.261 e. The molecule has 9 heteroatoms. The van der Waals surface area contributed by atoms with Gasteiger partial charge in [-0.15, -0.1) is 0 Å². The molecule has 0 amide bonds. The molecule has 0 bridgehead atoms. The van der Waals surface area contributed by atoms with Gasteiger partial charge < -0.3 is 10.3 Å². The van der Waals surface area contributed by atoms with Gasteiger partial charge in [0.1, 0.15) is 5.39 Å². The second-order valence-corrected chi connectivity index (χ2v) is 7.83. The Morgan fingerprint density at radius 2 is 2.03 bits per heavy atom. The van der Waals surface area contributed by atoms with E-state index in [9.17, 15) is 10.1 Å². The van der Waals surface area contributed by atoms with Crippen LogP contribution >= 0.6 is 0 Å². The first-order valence-electron chi connectivity index (χ1n) is 10.4. The molecule has 3 aromatic heterocycles. The monoisotopic (exact) mass is 414 g/mol. The molecular formula is C22H22N8O. The maximum atomic E-state index is 12.7. The number of aromatic amines is 1. The Hall–Kier alpha value is -3.93. The van der Waals surface area contributed by atoms with Crippen LogP contribution < -0.4 is 10.9 Å². The van der Waals surface area contributed by atoms with E-state index in [0.717, 1.165) is 42.5 Å². The molecule has 5 rings (SSSR count). The van der Waals surface area contributed by atoms with Crippen molar-refractivity contribution < 1.29 is 0 Å². The quantitative estimate of drug-likeness (QED) is 0.517. The Labute approximate surface area is 178 Å². The molecule has 0 spiro atoms. The lowest BCUT2D eigenvalue weighted by Crippen LogP contribution is -2.23. The Morgan fingerprint density at radius 1 is 1.19 bits per heavy atom. The van der Waals surface area contributed by atoms with Crippen molar-refractivity contribution >= 4 is 22.4 Å². The zero-order valence-electron chi connectivity index (χ0n) is 16.9. The summed E-state index contributed by atoms with van der Waals surface area (Å²) in [6, 6.07) is 12.1. The van der Waals surface area contributed by atoms with E-state index < -0.39 is 0 Å². The number of fused-ring (bicyclic) bond motifs is 1. The van der Waals surface area contributed by atoms with Crippen molar-refractivity contribution in [1.29, 1.82) is 5.26 Å². The molecule has 0 aliphatic heterocycles. The fourth-order valence-corrected chi connectivity index (χ4v) is 4.37. The summed E-state index contributed by atoms with van der Waals surface area (Å²) < 4.78 is 1.87. The van der Waals surface area contributed by atoms with Crippen LogP contribution in [-0.2, 0) is 6.54 Å². The topological polar surface area (TPSA) is 117 Å². The number of aromatic nitrogens is 6. The maximum Gasteiger partial charge on any atom is 0.261 e. The van der Waals surface area contributed by atoms with E-state index in [1.54, 1.807) is 23.4 Å². The van der Waals surface area contributed by atoms with E-state index >= 15 is 0 Å². The van der Waals surface area contributed by atoms with Gasteiger partial charge in [0.2, 0.25) is 0 Å². The van der Waals surface area contributed by atoms with Crippen LogP contribution in [0.5, 0.6) is 0 Å². The molecule has 2 atom stereocenters. The summed E-state index contributed by atoms with van der Waals surface area (Å²) in [6.07, 6.45) is 8.77. The van der Waals surface area contributed by atoms with E-state index in [0.29, 0.717) is 17.7 Å². The molecule has 9 nitrogen and oxygen atoms in total. The number of nitrogens with one attached hydrogen (secondary N) is 2. The number of benzene rings is 1. The molecule has 2 N–H and O–H groups in total. The SMILES string of the molecule is N#CC1CCCCC1n1nc(Nc2cccc(Cn3nccn3)c2)c2c(=O)[nH]ccc21. The predicted molar refractivity (Wildman–Crippen MR) is 116 cm³/mol. The van der Waals surface area contributed by atoms with Crippen molar-refractivity contribution in [3.63, 3.8) is 0 Å². The van der Waals surface area contributed by atoms with Gasteiger partial charge in [-0.25, -0.2) is 0 Å². The Balaban J connectivity index is 1.52. The zero-order chi connectivity index (χ0) is 21.2. The van der Waals surface area contributed by atoms with Crippen LogP contribution in [-0.4, -0.2) is 29.8 Å². The molecule has 1 fully saturated rings. The van der Waals surface area contributed by atoms with Crippen LogP contribution in [0.1, 0.15) is 37.3 Å². The third kappa shape index (κ3) is 3.68. The minimum atomic E-state index is -0.201. The van der Waals surface area contributed by atoms with E-state index in [2.05, 4.69) is 26.6 Å². The van der Waals surface area contributed by atoms with Crippen molar-refractivity contribution in [3.8, 4) is 6.07 Å². The summed E-state index contributed by atoms with van der Waals surface area (Å²) in [5, 5.41) is 26.5. The molecule has 1 aliphatic rings. The Kier molecular flexibility index (Phi) is 4.96. The lowest BCUT2D eigenvalue weighted by atomic mass is 9.85.